The number of hydrogen-bond donors (Lipinski definition) is 1. The summed E-state index contributed by atoms with van der Waals surface area (Å²) in [6.07, 6.45) is 5.81. The third-order valence-corrected chi connectivity index (χ3v) is 7.26. The second-order valence-electron chi connectivity index (χ2n) is 8.94. The zero-order chi connectivity index (χ0) is 18.3. The van der Waals surface area contributed by atoms with Crippen LogP contribution in [0.15, 0.2) is 42.5 Å². The van der Waals surface area contributed by atoms with Crippen LogP contribution in [0.5, 0.6) is 0 Å². The molecule has 1 heterocycles. The molecule has 0 unspecified atom stereocenters. The number of esters is 1. The molecule has 0 amide bonds. The highest BCUT2D eigenvalue weighted by Gasteiger charge is 2.54. The molecule has 2 saturated carbocycles. The summed E-state index contributed by atoms with van der Waals surface area (Å²) in [5.41, 5.74) is 2.93. The Morgan fingerprint density at radius 3 is 2.88 bits per heavy atom. The largest absolute Gasteiger partial charge is 0.462 e. The number of rotatable bonds is 4. The van der Waals surface area contributed by atoms with E-state index in [4.69, 9.17) is 4.74 Å². The van der Waals surface area contributed by atoms with Crippen molar-refractivity contribution in [3.63, 3.8) is 0 Å². The number of hydrogen-bond acceptors (Lipinski definition) is 3. The van der Waals surface area contributed by atoms with Crippen molar-refractivity contribution in [1.82, 2.24) is 5.32 Å². The van der Waals surface area contributed by atoms with Crippen molar-refractivity contribution in [1.29, 1.82) is 0 Å². The minimum atomic E-state index is -0.0227. The third kappa shape index (κ3) is 3.11. The van der Waals surface area contributed by atoms with Crippen molar-refractivity contribution in [2.45, 2.75) is 58.1 Å². The van der Waals surface area contributed by atoms with Crippen LogP contribution in [-0.4, -0.2) is 18.6 Å². The maximum Gasteiger partial charge on any atom is 0.310 e. The first-order valence-electron chi connectivity index (χ1n) is 10.1. The molecular weight excluding hydrogens is 322 g/mol. The highest BCUT2D eigenvalue weighted by Crippen LogP contribution is 2.56. The van der Waals surface area contributed by atoms with E-state index >= 15 is 0 Å². The Morgan fingerprint density at radius 1 is 1.35 bits per heavy atom. The van der Waals surface area contributed by atoms with Crippen LogP contribution in [-0.2, 0) is 9.53 Å². The third-order valence-electron chi connectivity index (χ3n) is 7.26. The van der Waals surface area contributed by atoms with Crippen LogP contribution in [0.1, 0.15) is 57.6 Å². The molecule has 0 radical (unpaired) electrons. The molecule has 140 valence electrons. The zero-order valence-electron chi connectivity index (χ0n) is 16.0. The molecule has 0 spiro atoms. The number of fused-ring (bicyclic) bond motifs is 2. The lowest BCUT2D eigenvalue weighted by Gasteiger charge is -2.50. The number of carbonyl (C=O) groups is 1. The molecule has 0 bridgehead atoms. The van der Waals surface area contributed by atoms with E-state index in [1.54, 1.807) is 0 Å². The Labute approximate surface area is 157 Å². The molecule has 1 aromatic rings. The molecule has 1 saturated heterocycles. The summed E-state index contributed by atoms with van der Waals surface area (Å²) in [5.74, 6) is 0.873. The van der Waals surface area contributed by atoms with Crippen LogP contribution in [0.3, 0.4) is 0 Å². The van der Waals surface area contributed by atoms with Crippen LogP contribution in [0.2, 0.25) is 0 Å². The molecule has 0 aromatic heterocycles. The van der Waals surface area contributed by atoms with Crippen molar-refractivity contribution >= 4 is 5.97 Å². The van der Waals surface area contributed by atoms with Gasteiger partial charge in [-0.25, -0.2) is 0 Å². The molecule has 3 aliphatic rings. The Bertz CT molecular complexity index is 685. The van der Waals surface area contributed by atoms with Gasteiger partial charge in [0.15, 0.2) is 0 Å². The first kappa shape index (κ1) is 17.8. The Hall–Kier alpha value is -1.61. The molecule has 26 heavy (non-hydrogen) atoms. The van der Waals surface area contributed by atoms with Crippen LogP contribution >= 0.6 is 0 Å². The van der Waals surface area contributed by atoms with E-state index in [1.165, 1.54) is 24.0 Å². The molecule has 1 aromatic carbocycles. The van der Waals surface area contributed by atoms with Crippen molar-refractivity contribution in [2.75, 3.05) is 6.54 Å². The maximum atomic E-state index is 12.6. The quantitative estimate of drug-likeness (QED) is 0.632. The van der Waals surface area contributed by atoms with Gasteiger partial charge in [0.2, 0.25) is 0 Å². The average Bonchev–Trinajstić information content (AvgIpc) is 2.92. The molecular formula is C23H31NO2. The van der Waals surface area contributed by atoms with Gasteiger partial charge < -0.3 is 10.1 Å². The van der Waals surface area contributed by atoms with E-state index in [1.807, 2.05) is 6.07 Å². The van der Waals surface area contributed by atoms with Crippen molar-refractivity contribution in [2.24, 2.45) is 23.2 Å². The van der Waals surface area contributed by atoms with Crippen LogP contribution < -0.4 is 5.32 Å². The number of carbonyl (C=O) groups excluding carboxylic acids is 1. The lowest BCUT2D eigenvalue weighted by Crippen LogP contribution is -2.45. The fourth-order valence-electron chi connectivity index (χ4n) is 5.65. The van der Waals surface area contributed by atoms with Gasteiger partial charge >= 0.3 is 5.97 Å². The minimum absolute atomic E-state index is 0.000575. The van der Waals surface area contributed by atoms with Crippen molar-refractivity contribution < 1.29 is 9.53 Å². The summed E-state index contributed by atoms with van der Waals surface area (Å²) in [6, 6.07) is 10.7. The summed E-state index contributed by atoms with van der Waals surface area (Å²) < 4.78 is 5.86. The molecule has 2 aliphatic carbocycles. The second-order valence-corrected chi connectivity index (χ2v) is 8.94. The highest BCUT2D eigenvalue weighted by atomic mass is 16.6. The Morgan fingerprint density at radius 2 is 2.12 bits per heavy atom. The summed E-state index contributed by atoms with van der Waals surface area (Å²) in [7, 11) is 0. The predicted octanol–water partition coefficient (Wildman–Crippen LogP) is 4.65. The fourth-order valence-corrected chi connectivity index (χ4v) is 5.65. The van der Waals surface area contributed by atoms with Gasteiger partial charge in [-0.1, -0.05) is 49.4 Å². The molecule has 3 heteroatoms. The molecule has 3 fully saturated rings. The monoisotopic (exact) mass is 353 g/mol. The van der Waals surface area contributed by atoms with E-state index in [2.05, 4.69) is 50.0 Å². The molecule has 4 rings (SSSR count). The maximum absolute atomic E-state index is 12.6. The molecule has 3 nitrogen and oxygen atoms in total. The SMILES string of the molecule is C=C1CCC[C@]2(C)C[C@H]3OC(=O)[C@H](CN[C@@H](C)c4ccccc4)[C@@H]3C[C@H]12. The number of benzene rings is 1. The molecule has 6 atom stereocenters. The lowest BCUT2D eigenvalue weighted by atomic mass is 9.55. The fraction of sp³-hybridized carbons (Fsp3) is 0.609. The minimum Gasteiger partial charge on any atom is -0.462 e. The van der Waals surface area contributed by atoms with E-state index in [9.17, 15) is 4.79 Å². The normalized spacial score (nSPS) is 37.6. The Balaban J connectivity index is 1.45. The first-order chi connectivity index (χ1) is 12.5. The average molecular weight is 354 g/mol. The standard InChI is InChI=1S/C23H31NO2/c1-15-8-7-11-23(3)13-21-18(12-20(15)23)19(22(25)26-21)14-24-16(2)17-9-5-4-6-10-17/h4-6,9-10,16,18-21,24H,1,7-8,11-14H2,2-3H3/t16-,18-,19+,20+,21+,23+/m0/s1. The van der Waals surface area contributed by atoms with Crippen molar-refractivity contribution in [3.05, 3.63) is 48.0 Å². The summed E-state index contributed by atoms with van der Waals surface area (Å²) in [4.78, 5) is 12.6. The summed E-state index contributed by atoms with van der Waals surface area (Å²) in [6.45, 7) is 9.62. The van der Waals surface area contributed by atoms with Gasteiger partial charge in [0, 0.05) is 18.5 Å². The van der Waals surface area contributed by atoms with E-state index < -0.39 is 0 Å². The van der Waals surface area contributed by atoms with E-state index in [0.29, 0.717) is 18.4 Å². The Kier molecular flexibility index (Phi) is 4.68. The summed E-state index contributed by atoms with van der Waals surface area (Å²) in [5, 5.41) is 3.57. The van der Waals surface area contributed by atoms with Gasteiger partial charge in [-0.15, -0.1) is 0 Å². The van der Waals surface area contributed by atoms with E-state index in [-0.39, 0.29) is 29.4 Å². The molecule has 1 N–H and O–H groups in total. The number of nitrogens with one attached hydrogen (secondary N) is 1. The van der Waals surface area contributed by atoms with Gasteiger partial charge in [-0.2, -0.15) is 0 Å². The number of ether oxygens (including phenoxy) is 1. The second kappa shape index (κ2) is 6.84. The van der Waals surface area contributed by atoms with Crippen LogP contribution in [0, 0.1) is 23.2 Å². The van der Waals surface area contributed by atoms with Gasteiger partial charge in [0.05, 0.1) is 5.92 Å². The van der Waals surface area contributed by atoms with Gasteiger partial charge in [0.25, 0.3) is 0 Å². The smallest absolute Gasteiger partial charge is 0.310 e. The molecule has 1 aliphatic heterocycles. The first-order valence-corrected chi connectivity index (χ1v) is 10.1. The number of allylic oxidation sites excluding steroid dienone is 1. The van der Waals surface area contributed by atoms with Gasteiger partial charge in [-0.05, 0) is 55.9 Å². The van der Waals surface area contributed by atoms with Gasteiger partial charge in [0.1, 0.15) is 6.10 Å². The van der Waals surface area contributed by atoms with Gasteiger partial charge in [-0.3, -0.25) is 4.79 Å². The summed E-state index contributed by atoms with van der Waals surface area (Å²) >= 11 is 0. The van der Waals surface area contributed by atoms with Crippen molar-refractivity contribution in [3.8, 4) is 0 Å². The highest BCUT2D eigenvalue weighted by molar-refractivity contribution is 5.75. The van der Waals surface area contributed by atoms with Crippen LogP contribution in [0.25, 0.3) is 0 Å². The van der Waals surface area contributed by atoms with E-state index in [0.717, 1.165) is 19.3 Å². The van der Waals surface area contributed by atoms with Crippen LogP contribution in [0.4, 0.5) is 0 Å². The topological polar surface area (TPSA) is 38.3 Å². The predicted molar refractivity (Wildman–Crippen MR) is 104 cm³/mol. The zero-order valence-corrected chi connectivity index (χ0v) is 16.0. The lowest BCUT2D eigenvalue weighted by molar-refractivity contribution is -0.146.